The molecular weight excluding hydrogens is 653 g/mol. The van der Waals surface area contributed by atoms with Crippen LogP contribution in [0, 0.1) is 5.82 Å². The van der Waals surface area contributed by atoms with Gasteiger partial charge in [-0.3, -0.25) is 0 Å². The molecule has 0 unspecified atom stereocenters. The summed E-state index contributed by atoms with van der Waals surface area (Å²) in [6.45, 7) is 0. The zero-order valence-electron chi connectivity index (χ0n) is 20.0. The third-order valence-electron chi connectivity index (χ3n) is 6.22. The van der Waals surface area contributed by atoms with Crippen molar-refractivity contribution in [3.63, 3.8) is 0 Å². The van der Waals surface area contributed by atoms with Gasteiger partial charge in [-0.1, -0.05) is 17.7 Å². The Kier molecular flexibility index (Phi) is 6.87. The fraction of sp³-hybridized carbons (Fsp3) is 0.240. The predicted octanol–water partition coefficient (Wildman–Crippen LogP) is 6.64. The zero-order valence-corrected chi connectivity index (χ0v) is 22.9. The van der Waals surface area contributed by atoms with E-state index in [1.807, 2.05) is 6.07 Å². The molecule has 202 valence electrons. The molecule has 1 aliphatic rings. The van der Waals surface area contributed by atoms with Crippen LogP contribution in [0.15, 0.2) is 53.2 Å². The number of hydrogen-bond acceptors (Lipinski definition) is 6. The minimum atomic E-state index is -4.84. The molecule has 39 heavy (non-hydrogen) atoms. The molecule has 5 aromatic rings. The monoisotopic (exact) mass is 671 g/mol. The summed E-state index contributed by atoms with van der Waals surface area (Å²) in [7, 11) is 0. The molecule has 0 saturated carbocycles. The van der Waals surface area contributed by atoms with E-state index in [0.717, 1.165) is 35.4 Å². The maximum atomic E-state index is 14.8. The SMILES string of the molecule is Fc1cccc(Cl)c1-c1noc(-c2cnn(-c3cccc(CCCI4CC4)c3)c2C(F)(F)F)c1-c1nn[nH]n1. The van der Waals surface area contributed by atoms with Crippen molar-refractivity contribution >= 4 is 31.4 Å². The molecule has 8 nitrogen and oxygen atoms in total. The van der Waals surface area contributed by atoms with Gasteiger partial charge in [0.25, 0.3) is 0 Å². The van der Waals surface area contributed by atoms with Crippen LogP contribution in [0.3, 0.4) is 0 Å². The van der Waals surface area contributed by atoms with Gasteiger partial charge in [-0.05, 0) is 17.3 Å². The Morgan fingerprint density at radius 3 is 2.64 bits per heavy atom. The first kappa shape index (κ1) is 25.9. The summed E-state index contributed by atoms with van der Waals surface area (Å²) >= 11 is 5.59. The van der Waals surface area contributed by atoms with Crippen molar-refractivity contribution in [1.82, 2.24) is 35.6 Å². The van der Waals surface area contributed by atoms with Crippen molar-refractivity contribution in [2.45, 2.75) is 19.0 Å². The number of aromatic nitrogens is 7. The topological polar surface area (TPSA) is 98.3 Å². The van der Waals surface area contributed by atoms with E-state index in [-0.39, 0.29) is 39.1 Å². The Morgan fingerprint density at radius 2 is 1.92 bits per heavy atom. The van der Waals surface area contributed by atoms with E-state index >= 15 is 0 Å². The van der Waals surface area contributed by atoms with E-state index in [1.54, 1.807) is 18.2 Å². The molecule has 1 fully saturated rings. The van der Waals surface area contributed by atoms with E-state index in [4.69, 9.17) is 16.1 Å². The molecule has 0 bridgehead atoms. The molecular formula is C25H19ClF4IN7O. The van der Waals surface area contributed by atoms with Crippen LogP contribution in [0.25, 0.3) is 39.7 Å². The Hall–Kier alpha value is -3.33. The number of hydrogen-bond donors (Lipinski definition) is 1. The van der Waals surface area contributed by atoms with E-state index in [0.29, 0.717) is 0 Å². The molecule has 4 heterocycles. The molecule has 1 N–H and O–H groups in total. The normalized spacial score (nSPS) is 14.2. The molecule has 6 rings (SSSR count). The van der Waals surface area contributed by atoms with Crippen LogP contribution in [0.1, 0.15) is 17.7 Å². The summed E-state index contributed by atoms with van der Waals surface area (Å²) in [5, 5.41) is 21.5. The van der Waals surface area contributed by atoms with Crippen LogP contribution in [0.4, 0.5) is 17.6 Å². The van der Waals surface area contributed by atoms with E-state index in [9.17, 15) is 17.6 Å². The van der Waals surface area contributed by atoms with Gasteiger partial charge in [-0.2, -0.15) is 5.21 Å². The number of aryl methyl sites for hydroxylation is 1. The number of alkyl halides is 6. The van der Waals surface area contributed by atoms with Crippen molar-refractivity contribution < 1.29 is 22.1 Å². The summed E-state index contributed by atoms with van der Waals surface area (Å²) in [4.78, 5) is 0. The number of H-pyrrole nitrogens is 1. The van der Waals surface area contributed by atoms with Crippen LogP contribution >= 0.6 is 31.4 Å². The van der Waals surface area contributed by atoms with Gasteiger partial charge < -0.3 is 0 Å². The Bertz CT molecular complexity index is 1610. The van der Waals surface area contributed by atoms with Gasteiger partial charge >= 0.3 is 161 Å². The predicted molar refractivity (Wildman–Crippen MR) is 145 cm³/mol. The zero-order chi connectivity index (χ0) is 27.1. The molecule has 14 heteroatoms. The van der Waals surface area contributed by atoms with Gasteiger partial charge in [-0.25, -0.2) is 4.39 Å². The molecule has 0 atom stereocenters. The first-order valence-corrected chi connectivity index (χ1v) is 16.8. The number of benzene rings is 2. The second-order valence-corrected chi connectivity index (χ2v) is 15.7. The van der Waals surface area contributed by atoms with E-state index < -0.39 is 43.1 Å². The third-order valence-corrected chi connectivity index (χ3v) is 11.4. The van der Waals surface area contributed by atoms with Crippen molar-refractivity contribution in [2.24, 2.45) is 0 Å². The van der Waals surface area contributed by atoms with Gasteiger partial charge in [0, 0.05) is 0 Å². The fourth-order valence-electron chi connectivity index (χ4n) is 4.37. The summed E-state index contributed by atoms with van der Waals surface area (Å²) < 4.78 is 68.9. The van der Waals surface area contributed by atoms with Crippen molar-refractivity contribution in [2.75, 3.05) is 13.3 Å². The quantitative estimate of drug-likeness (QED) is 0.113. The average Bonchev–Trinajstić information content (AvgIpc) is 3.26. The van der Waals surface area contributed by atoms with Gasteiger partial charge in [0.05, 0.1) is 10.6 Å². The number of halogens is 6. The van der Waals surface area contributed by atoms with Crippen LogP contribution < -0.4 is 0 Å². The molecule has 2 aromatic carbocycles. The minimum absolute atomic E-state index is 0.0205. The van der Waals surface area contributed by atoms with Crippen LogP contribution in [-0.2, 0) is 12.6 Å². The number of tetrazole rings is 1. The summed E-state index contributed by atoms with van der Waals surface area (Å²) in [6.07, 6.45) is -1.96. The number of aromatic amines is 1. The van der Waals surface area contributed by atoms with Gasteiger partial charge in [-0.15, -0.1) is 10.2 Å². The molecule has 0 radical (unpaired) electrons. The summed E-state index contributed by atoms with van der Waals surface area (Å²) in [5.74, 6) is -1.25. The first-order chi connectivity index (χ1) is 18.8. The molecule has 0 aliphatic carbocycles. The van der Waals surface area contributed by atoms with Crippen molar-refractivity contribution in [3.05, 3.63) is 70.8 Å². The maximum absolute atomic E-state index is 14.8. The van der Waals surface area contributed by atoms with Gasteiger partial charge in [0.1, 0.15) is 5.82 Å². The standard InChI is InChI=1S/C25H19ClF4IN7O/c26-17-7-2-8-18(27)19(17)21-20(24-33-36-37-34-24)22(39-35-21)16-13-32-38(23(16)25(28,29)30)15-6-1-4-14(12-15)5-3-9-31-10-11-31/h1-2,4,6-8,12-13H,3,5,9-11H2,(H,33,34,36,37). The molecule has 3 aromatic heterocycles. The Balaban J connectivity index is 1.48. The van der Waals surface area contributed by atoms with Gasteiger partial charge in [0.2, 0.25) is 0 Å². The summed E-state index contributed by atoms with van der Waals surface area (Å²) in [6, 6.07) is 10.9. The van der Waals surface area contributed by atoms with Gasteiger partial charge in [0.15, 0.2) is 0 Å². The smallest absolute Gasteiger partial charge is 0.177 e. The molecule has 0 amide bonds. The Labute approximate surface area is 231 Å². The second kappa shape index (κ2) is 10.3. The number of rotatable bonds is 8. The molecule has 1 saturated heterocycles. The second-order valence-electron chi connectivity index (χ2n) is 8.79. The average molecular weight is 672 g/mol. The fourth-order valence-corrected chi connectivity index (χ4v) is 9.38. The third kappa shape index (κ3) is 5.16. The minimum Gasteiger partial charge on any atom is -0.177 e. The molecule has 1 aliphatic heterocycles. The number of nitrogens with zero attached hydrogens (tertiary/aromatic N) is 6. The number of nitrogens with one attached hydrogen (secondary N) is 1. The first-order valence-electron chi connectivity index (χ1n) is 11.8. The van der Waals surface area contributed by atoms with E-state index in [2.05, 4.69) is 30.9 Å². The van der Waals surface area contributed by atoms with Crippen LogP contribution in [0.5, 0.6) is 0 Å². The van der Waals surface area contributed by atoms with Crippen LogP contribution in [-0.4, -0.2) is 48.8 Å². The Morgan fingerprint density at radius 1 is 1.10 bits per heavy atom. The molecule has 0 spiro atoms. The van der Waals surface area contributed by atoms with Crippen LogP contribution in [0.2, 0.25) is 5.02 Å². The summed E-state index contributed by atoms with van der Waals surface area (Å²) in [5.41, 5.74) is -0.751. The van der Waals surface area contributed by atoms with E-state index in [1.165, 1.54) is 25.4 Å². The van der Waals surface area contributed by atoms with Crippen molar-refractivity contribution in [1.29, 1.82) is 0 Å². The van der Waals surface area contributed by atoms with Crippen molar-refractivity contribution in [3.8, 4) is 39.7 Å².